The van der Waals surface area contributed by atoms with Crippen LogP contribution in [0.4, 0.5) is 13.2 Å². The highest BCUT2D eigenvalue weighted by Gasteiger charge is 2.39. The van der Waals surface area contributed by atoms with Gasteiger partial charge in [-0.1, -0.05) is 25.0 Å². The summed E-state index contributed by atoms with van der Waals surface area (Å²) >= 11 is 0. The monoisotopic (exact) mass is 285 g/mol. The van der Waals surface area contributed by atoms with Crippen LogP contribution in [0.15, 0.2) is 24.3 Å². The molecule has 1 aromatic carbocycles. The molecule has 1 aromatic rings. The Bertz CT molecular complexity index is 470. The molecule has 5 heteroatoms. The number of halogens is 3. The van der Waals surface area contributed by atoms with E-state index in [9.17, 15) is 13.2 Å². The van der Waals surface area contributed by atoms with E-state index in [2.05, 4.69) is 5.32 Å². The van der Waals surface area contributed by atoms with Crippen LogP contribution >= 0.6 is 0 Å². The first-order chi connectivity index (χ1) is 9.49. The molecule has 0 bridgehead atoms. The lowest BCUT2D eigenvalue weighted by Crippen LogP contribution is -2.53. The number of alkyl halides is 3. The van der Waals surface area contributed by atoms with Gasteiger partial charge in [-0.3, -0.25) is 0 Å². The van der Waals surface area contributed by atoms with Gasteiger partial charge in [0.2, 0.25) is 0 Å². The summed E-state index contributed by atoms with van der Waals surface area (Å²) in [7, 11) is 0. The summed E-state index contributed by atoms with van der Waals surface area (Å²) in [6.07, 6.45) is 0.00780. The first-order valence-electron chi connectivity index (χ1n) is 7.02. The van der Waals surface area contributed by atoms with E-state index in [1.807, 2.05) is 0 Å². The lowest BCUT2D eigenvalue weighted by Gasteiger charge is -2.38. The molecule has 1 N–H and O–H groups in total. The van der Waals surface area contributed by atoms with Crippen molar-refractivity contribution in [2.24, 2.45) is 0 Å². The fraction of sp³-hybridized carbons (Fsp3) is 0.600. The molecular formula is C15H18F3NO. The van der Waals surface area contributed by atoms with Crippen molar-refractivity contribution in [2.45, 2.75) is 43.5 Å². The van der Waals surface area contributed by atoms with Crippen molar-refractivity contribution in [3.05, 3.63) is 35.4 Å². The minimum absolute atomic E-state index is 0.0676. The third kappa shape index (κ3) is 2.69. The first kappa shape index (κ1) is 13.9. The minimum Gasteiger partial charge on any atom is -0.370 e. The van der Waals surface area contributed by atoms with Gasteiger partial charge < -0.3 is 10.1 Å². The Morgan fingerprint density at radius 3 is 2.55 bits per heavy atom. The Morgan fingerprint density at radius 1 is 1.20 bits per heavy atom. The highest BCUT2D eigenvalue weighted by molar-refractivity contribution is 5.28. The van der Waals surface area contributed by atoms with Crippen molar-refractivity contribution in [3.63, 3.8) is 0 Å². The molecule has 3 rings (SSSR count). The highest BCUT2D eigenvalue weighted by Crippen LogP contribution is 2.36. The van der Waals surface area contributed by atoms with Crippen molar-refractivity contribution in [3.8, 4) is 0 Å². The second-order valence-electron chi connectivity index (χ2n) is 5.79. The van der Waals surface area contributed by atoms with Gasteiger partial charge in [0.25, 0.3) is 0 Å². The van der Waals surface area contributed by atoms with Crippen LogP contribution < -0.4 is 5.32 Å². The molecule has 0 radical (unpaired) electrons. The minimum atomic E-state index is -4.30. The third-order valence-electron chi connectivity index (χ3n) is 4.37. The summed E-state index contributed by atoms with van der Waals surface area (Å²) < 4.78 is 44.0. The molecule has 1 atom stereocenters. The zero-order valence-electron chi connectivity index (χ0n) is 11.2. The van der Waals surface area contributed by atoms with Crippen LogP contribution in [-0.4, -0.2) is 18.7 Å². The molecule has 1 saturated heterocycles. The molecule has 2 aliphatic rings. The number of hydrogen-bond donors (Lipinski definition) is 1. The van der Waals surface area contributed by atoms with E-state index < -0.39 is 11.7 Å². The summed E-state index contributed by atoms with van der Waals surface area (Å²) in [4.78, 5) is 0. The van der Waals surface area contributed by atoms with Crippen molar-refractivity contribution in [2.75, 3.05) is 13.2 Å². The molecule has 0 amide bonds. The molecule has 1 saturated carbocycles. The molecule has 110 valence electrons. The lowest BCUT2D eigenvalue weighted by atomic mass is 9.95. The van der Waals surface area contributed by atoms with E-state index in [1.165, 1.54) is 25.0 Å². The second kappa shape index (κ2) is 5.04. The van der Waals surface area contributed by atoms with Gasteiger partial charge in [0.15, 0.2) is 0 Å². The van der Waals surface area contributed by atoms with Crippen LogP contribution in [0.1, 0.15) is 42.9 Å². The second-order valence-corrected chi connectivity index (χ2v) is 5.79. The topological polar surface area (TPSA) is 21.3 Å². The summed E-state index contributed by atoms with van der Waals surface area (Å²) in [6, 6.07) is 5.44. The van der Waals surface area contributed by atoms with E-state index >= 15 is 0 Å². The molecule has 1 unspecified atom stereocenters. The van der Waals surface area contributed by atoms with Gasteiger partial charge in [-0.25, -0.2) is 0 Å². The Morgan fingerprint density at radius 2 is 1.95 bits per heavy atom. The Balaban J connectivity index is 1.72. The molecule has 0 aromatic heterocycles. The maximum atomic E-state index is 12.7. The smallest absolute Gasteiger partial charge is 0.370 e. The van der Waals surface area contributed by atoms with Crippen molar-refractivity contribution >= 4 is 0 Å². The highest BCUT2D eigenvalue weighted by atomic mass is 19.4. The average molecular weight is 285 g/mol. The average Bonchev–Trinajstić information content (AvgIpc) is 2.87. The first-order valence-corrected chi connectivity index (χ1v) is 7.02. The molecule has 1 aliphatic carbocycles. The summed E-state index contributed by atoms with van der Waals surface area (Å²) in [5, 5.41) is 3.49. The maximum absolute atomic E-state index is 12.7. The van der Waals surface area contributed by atoms with Crippen molar-refractivity contribution < 1.29 is 17.9 Å². The van der Waals surface area contributed by atoms with E-state index in [4.69, 9.17) is 4.74 Å². The molecule has 1 spiro atoms. The number of morpholine rings is 1. The van der Waals surface area contributed by atoms with Gasteiger partial charge in [0, 0.05) is 12.1 Å². The number of nitrogens with one attached hydrogen (secondary N) is 1. The third-order valence-corrected chi connectivity index (χ3v) is 4.37. The maximum Gasteiger partial charge on any atom is 0.416 e. The van der Waals surface area contributed by atoms with Crippen LogP contribution in [0.25, 0.3) is 0 Å². The summed E-state index contributed by atoms with van der Waals surface area (Å²) in [5.41, 5.74) is 0.0536. The molecule has 2 nitrogen and oxygen atoms in total. The molecule has 20 heavy (non-hydrogen) atoms. The largest absolute Gasteiger partial charge is 0.416 e. The number of ether oxygens (including phenoxy) is 1. The SMILES string of the molecule is FC(F)(F)c1cccc(C2CNC3(CCCC3)CO2)c1. The summed E-state index contributed by atoms with van der Waals surface area (Å²) in [5.74, 6) is 0. The molecule has 1 heterocycles. The summed E-state index contributed by atoms with van der Waals surface area (Å²) in [6.45, 7) is 1.18. The Hall–Kier alpha value is -1.07. The Kier molecular flexibility index (Phi) is 3.50. The molecule has 1 aliphatic heterocycles. The zero-order valence-corrected chi connectivity index (χ0v) is 11.2. The molecular weight excluding hydrogens is 267 g/mol. The van der Waals surface area contributed by atoms with E-state index in [0.29, 0.717) is 18.7 Å². The van der Waals surface area contributed by atoms with Crippen LogP contribution in [0.2, 0.25) is 0 Å². The van der Waals surface area contributed by atoms with Gasteiger partial charge in [-0.05, 0) is 30.5 Å². The van der Waals surface area contributed by atoms with Gasteiger partial charge in [0.05, 0.1) is 18.3 Å². The quantitative estimate of drug-likeness (QED) is 0.850. The Labute approximate surface area is 116 Å². The van der Waals surface area contributed by atoms with Crippen LogP contribution in [0.5, 0.6) is 0 Å². The van der Waals surface area contributed by atoms with Gasteiger partial charge >= 0.3 is 6.18 Å². The number of benzene rings is 1. The van der Waals surface area contributed by atoms with E-state index in [-0.39, 0.29) is 11.6 Å². The van der Waals surface area contributed by atoms with Gasteiger partial charge in [0.1, 0.15) is 0 Å². The number of rotatable bonds is 1. The predicted molar refractivity (Wildman–Crippen MR) is 69.3 cm³/mol. The fourth-order valence-corrected chi connectivity index (χ4v) is 3.18. The normalized spacial score (nSPS) is 26.1. The predicted octanol–water partition coefficient (Wildman–Crippen LogP) is 3.68. The van der Waals surface area contributed by atoms with Crippen LogP contribution in [0, 0.1) is 0 Å². The van der Waals surface area contributed by atoms with Crippen LogP contribution in [0.3, 0.4) is 0 Å². The lowest BCUT2D eigenvalue weighted by molar-refractivity contribution is -0.137. The zero-order chi connectivity index (χ0) is 14.2. The standard InChI is InChI=1S/C15H18F3NO/c16-15(17,18)12-5-3-4-11(8-12)13-9-19-14(10-20-13)6-1-2-7-14/h3-5,8,13,19H,1-2,6-7,9-10H2. The molecule has 2 fully saturated rings. The van der Waals surface area contributed by atoms with E-state index in [0.717, 1.165) is 18.9 Å². The van der Waals surface area contributed by atoms with E-state index in [1.54, 1.807) is 6.07 Å². The van der Waals surface area contributed by atoms with Gasteiger partial charge in [-0.15, -0.1) is 0 Å². The van der Waals surface area contributed by atoms with Gasteiger partial charge in [-0.2, -0.15) is 13.2 Å². The number of hydrogen-bond acceptors (Lipinski definition) is 2. The van der Waals surface area contributed by atoms with Crippen molar-refractivity contribution in [1.29, 1.82) is 0 Å². The van der Waals surface area contributed by atoms with Crippen molar-refractivity contribution in [1.82, 2.24) is 5.32 Å². The van der Waals surface area contributed by atoms with Crippen LogP contribution in [-0.2, 0) is 10.9 Å². The fourth-order valence-electron chi connectivity index (χ4n) is 3.18.